The van der Waals surface area contributed by atoms with Crippen LogP contribution in [-0.2, 0) is 9.53 Å². The molecule has 4 fully saturated rings. The molecule has 2 unspecified atom stereocenters. The van der Waals surface area contributed by atoms with Crippen LogP contribution < -0.4 is 4.90 Å². The lowest BCUT2D eigenvalue weighted by molar-refractivity contribution is -0.142. The van der Waals surface area contributed by atoms with Crippen LogP contribution in [-0.4, -0.2) is 84.7 Å². The van der Waals surface area contributed by atoms with Gasteiger partial charge in [0, 0.05) is 63.5 Å². The minimum atomic E-state index is 0.137. The number of rotatable bonds is 5. The molecule has 1 aliphatic carbocycles. The first-order valence-corrected chi connectivity index (χ1v) is 10.4. The molecule has 7 nitrogen and oxygen atoms in total. The van der Waals surface area contributed by atoms with Crippen LogP contribution in [0.3, 0.4) is 0 Å². The molecular formula is C20H29N5O2. The van der Waals surface area contributed by atoms with Gasteiger partial charge in [-0.25, -0.2) is 9.97 Å². The topological polar surface area (TPSA) is 61.8 Å². The van der Waals surface area contributed by atoms with Crippen molar-refractivity contribution in [2.45, 2.75) is 25.2 Å². The third-order valence-electron chi connectivity index (χ3n) is 6.85. The number of ether oxygens (including phenoxy) is 1. The lowest BCUT2D eigenvalue weighted by Crippen LogP contribution is -2.45. The van der Waals surface area contributed by atoms with Crippen molar-refractivity contribution in [1.82, 2.24) is 19.8 Å². The van der Waals surface area contributed by atoms with Crippen molar-refractivity contribution in [2.75, 3.05) is 63.9 Å². The monoisotopic (exact) mass is 371 g/mol. The number of hydrogen-bond acceptors (Lipinski definition) is 6. The summed E-state index contributed by atoms with van der Waals surface area (Å²) in [7, 11) is 0. The van der Waals surface area contributed by atoms with Gasteiger partial charge in [0.15, 0.2) is 0 Å². The molecule has 0 radical (unpaired) electrons. The van der Waals surface area contributed by atoms with Gasteiger partial charge in [-0.2, -0.15) is 0 Å². The molecule has 2 atom stereocenters. The van der Waals surface area contributed by atoms with Crippen molar-refractivity contribution in [3.63, 3.8) is 0 Å². The number of carbonyl (C=O) groups is 1. The summed E-state index contributed by atoms with van der Waals surface area (Å²) < 4.78 is 5.21. The first kappa shape index (κ1) is 17.4. The van der Waals surface area contributed by atoms with Crippen LogP contribution in [0.1, 0.15) is 30.9 Å². The molecule has 7 heteroatoms. The first-order chi connectivity index (χ1) is 13.3. The largest absolute Gasteiger partial charge is 0.370 e. The van der Waals surface area contributed by atoms with E-state index in [1.165, 1.54) is 25.0 Å². The van der Waals surface area contributed by atoms with Gasteiger partial charge in [0.1, 0.15) is 18.8 Å². The molecule has 1 amide bonds. The average Bonchev–Trinajstić information content (AvgIpc) is 3.18. The zero-order valence-electron chi connectivity index (χ0n) is 15.9. The predicted octanol–water partition coefficient (Wildman–Crippen LogP) is 0.971. The molecule has 146 valence electrons. The van der Waals surface area contributed by atoms with E-state index >= 15 is 0 Å². The highest BCUT2D eigenvalue weighted by atomic mass is 16.5. The number of amides is 1. The summed E-state index contributed by atoms with van der Waals surface area (Å²) in [5.74, 6) is 3.34. The van der Waals surface area contributed by atoms with E-state index in [0.717, 1.165) is 51.6 Å². The SMILES string of the molecule is O=C1COCCN1CCN1CC2CN(c3cc(C4CCC4)ncn3)CC2C1. The molecule has 0 aromatic carbocycles. The highest BCUT2D eigenvalue weighted by Gasteiger charge is 2.40. The van der Waals surface area contributed by atoms with E-state index < -0.39 is 0 Å². The summed E-state index contributed by atoms with van der Waals surface area (Å²) in [5, 5.41) is 0. The lowest BCUT2D eigenvalue weighted by atomic mass is 9.83. The van der Waals surface area contributed by atoms with Gasteiger partial charge < -0.3 is 19.4 Å². The average molecular weight is 371 g/mol. The molecule has 1 saturated carbocycles. The molecule has 1 aromatic heterocycles. The third kappa shape index (κ3) is 3.55. The molecular weight excluding hydrogens is 342 g/mol. The maximum absolute atomic E-state index is 11.9. The van der Waals surface area contributed by atoms with Crippen molar-refractivity contribution >= 4 is 11.7 Å². The van der Waals surface area contributed by atoms with Crippen LogP contribution in [0.4, 0.5) is 5.82 Å². The maximum atomic E-state index is 11.9. The Hall–Kier alpha value is -1.73. The van der Waals surface area contributed by atoms with Gasteiger partial charge in [0.05, 0.1) is 6.61 Å². The summed E-state index contributed by atoms with van der Waals surface area (Å²) in [6, 6.07) is 2.23. The van der Waals surface area contributed by atoms with Crippen molar-refractivity contribution < 1.29 is 9.53 Å². The highest BCUT2D eigenvalue weighted by Crippen LogP contribution is 2.37. The van der Waals surface area contributed by atoms with E-state index in [-0.39, 0.29) is 12.5 Å². The highest BCUT2D eigenvalue weighted by molar-refractivity contribution is 5.77. The van der Waals surface area contributed by atoms with E-state index in [9.17, 15) is 4.79 Å². The zero-order chi connectivity index (χ0) is 18.2. The van der Waals surface area contributed by atoms with Gasteiger partial charge in [0.25, 0.3) is 0 Å². The number of nitrogens with zero attached hydrogens (tertiary/aromatic N) is 5. The first-order valence-electron chi connectivity index (χ1n) is 10.4. The van der Waals surface area contributed by atoms with Crippen molar-refractivity contribution in [1.29, 1.82) is 0 Å². The Morgan fingerprint density at radius 2 is 1.89 bits per heavy atom. The normalized spacial score (nSPS) is 29.3. The summed E-state index contributed by atoms with van der Waals surface area (Å²) >= 11 is 0. The number of carbonyl (C=O) groups excluding carboxylic acids is 1. The Morgan fingerprint density at radius 3 is 2.59 bits per heavy atom. The maximum Gasteiger partial charge on any atom is 0.248 e. The summed E-state index contributed by atoms with van der Waals surface area (Å²) in [4.78, 5) is 27.9. The Bertz CT molecular complexity index is 681. The quantitative estimate of drug-likeness (QED) is 0.769. The molecule has 0 N–H and O–H groups in total. The molecule has 3 aliphatic heterocycles. The van der Waals surface area contributed by atoms with Gasteiger partial charge in [-0.1, -0.05) is 6.42 Å². The van der Waals surface area contributed by atoms with Gasteiger partial charge >= 0.3 is 0 Å². The van der Waals surface area contributed by atoms with Gasteiger partial charge in [-0.05, 0) is 24.7 Å². The molecule has 1 aromatic rings. The van der Waals surface area contributed by atoms with Crippen LogP contribution in [0.5, 0.6) is 0 Å². The Balaban J connectivity index is 1.14. The summed E-state index contributed by atoms with van der Waals surface area (Å²) in [6.07, 6.45) is 5.65. The number of hydrogen-bond donors (Lipinski definition) is 0. The third-order valence-corrected chi connectivity index (χ3v) is 6.85. The predicted molar refractivity (Wildman–Crippen MR) is 102 cm³/mol. The van der Waals surface area contributed by atoms with E-state index in [4.69, 9.17) is 4.74 Å². The van der Waals surface area contributed by atoms with Gasteiger partial charge in [0.2, 0.25) is 5.91 Å². The second-order valence-electron chi connectivity index (χ2n) is 8.55. The smallest absolute Gasteiger partial charge is 0.248 e. The summed E-state index contributed by atoms with van der Waals surface area (Å²) in [6.45, 7) is 7.96. The van der Waals surface area contributed by atoms with Crippen LogP contribution in [0.15, 0.2) is 12.4 Å². The fourth-order valence-corrected chi connectivity index (χ4v) is 4.97. The minimum Gasteiger partial charge on any atom is -0.370 e. The second-order valence-corrected chi connectivity index (χ2v) is 8.55. The number of likely N-dealkylation sites (tertiary alicyclic amines) is 1. The standard InChI is InChI=1S/C20H29N5O2/c26-20-13-27-7-6-24(20)5-4-23-9-16-11-25(12-17(16)10-23)19-8-18(21-14-22-19)15-2-1-3-15/h8,14-17H,1-7,9-13H2. The van der Waals surface area contributed by atoms with Crippen LogP contribution in [0, 0.1) is 11.8 Å². The van der Waals surface area contributed by atoms with E-state index in [1.807, 2.05) is 4.90 Å². The zero-order valence-corrected chi connectivity index (χ0v) is 15.9. The Labute approximate surface area is 160 Å². The number of fused-ring (bicyclic) bond motifs is 1. The van der Waals surface area contributed by atoms with Crippen LogP contribution >= 0.6 is 0 Å². The fraction of sp³-hybridized carbons (Fsp3) is 0.750. The van der Waals surface area contributed by atoms with E-state index in [0.29, 0.717) is 24.4 Å². The van der Waals surface area contributed by atoms with E-state index in [1.54, 1.807) is 6.33 Å². The number of morpholine rings is 1. The Morgan fingerprint density at radius 1 is 1.07 bits per heavy atom. The molecule has 4 heterocycles. The Kier molecular flexibility index (Phi) is 4.73. The van der Waals surface area contributed by atoms with Gasteiger partial charge in [-0.15, -0.1) is 0 Å². The molecule has 0 bridgehead atoms. The molecule has 3 saturated heterocycles. The van der Waals surface area contributed by atoms with Gasteiger partial charge in [-0.3, -0.25) is 4.79 Å². The van der Waals surface area contributed by atoms with E-state index in [2.05, 4.69) is 25.8 Å². The fourth-order valence-electron chi connectivity index (χ4n) is 4.97. The van der Waals surface area contributed by atoms with Crippen molar-refractivity contribution in [2.24, 2.45) is 11.8 Å². The number of anilines is 1. The molecule has 27 heavy (non-hydrogen) atoms. The molecule has 5 rings (SSSR count). The molecule has 0 spiro atoms. The number of aromatic nitrogens is 2. The van der Waals surface area contributed by atoms with Crippen molar-refractivity contribution in [3.05, 3.63) is 18.1 Å². The minimum absolute atomic E-state index is 0.137. The lowest BCUT2D eigenvalue weighted by Gasteiger charge is -2.29. The summed E-state index contributed by atoms with van der Waals surface area (Å²) in [5.41, 5.74) is 1.24. The second kappa shape index (κ2) is 7.36. The van der Waals surface area contributed by atoms with Crippen molar-refractivity contribution in [3.8, 4) is 0 Å². The molecule has 4 aliphatic rings. The van der Waals surface area contributed by atoms with Crippen LogP contribution in [0.2, 0.25) is 0 Å². The van der Waals surface area contributed by atoms with Crippen LogP contribution in [0.25, 0.3) is 0 Å².